The largest absolute Gasteiger partial charge is 0.446 e. The second-order valence-corrected chi connectivity index (χ2v) is 9.02. The number of aryl methyl sites for hydroxylation is 1. The number of ether oxygens (including phenoxy) is 1. The van der Waals surface area contributed by atoms with E-state index in [1.165, 1.54) is 11.1 Å². The van der Waals surface area contributed by atoms with Crippen LogP contribution in [0.5, 0.6) is 0 Å². The number of aromatic amines is 1. The molecular weight excluding hydrogens is 416 g/mol. The summed E-state index contributed by atoms with van der Waals surface area (Å²) in [4.78, 5) is 15.4. The quantitative estimate of drug-likeness (QED) is 0.534. The highest BCUT2D eigenvalue weighted by atomic mass is 19.1. The Hall–Kier alpha value is -3.13. The van der Waals surface area contributed by atoms with E-state index in [1.807, 2.05) is 13.0 Å². The molecule has 0 aliphatic carbocycles. The number of halogens is 2. The van der Waals surface area contributed by atoms with E-state index >= 15 is 8.78 Å². The molecule has 6 nitrogen and oxygen atoms in total. The van der Waals surface area contributed by atoms with Crippen LogP contribution >= 0.6 is 0 Å². The average molecular weight is 443 g/mol. The minimum atomic E-state index is -1.03. The maximum absolute atomic E-state index is 15.8. The van der Waals surface area contributed by atoms with E-state index in [2.05, 4.69) is 10.4 Å². The van der Waals surface area contributed by atoms with E-state index in [9.17, 15) is 9.90 Å². The van der Waals surface area contributed by atoms with Gasteiger partial charge in [-0.1, -0.05) is 18.2 Å². The second kappa shape index (κ2) is 7.78. The van der Waals surface area contributed by atoms with Gasteiger partial charge in [-0.25, -0.2) is 19.0 Å². The third kappa shape index (κ3) is 3.48. The number of para-hydroxylation sites is 1. The molecule has 1 atom stereocenters. The molecule has 2 aromatic carbocycles. The van der Waals surface area contributed by atoms with Crippen LogP contribution in [0.1, 0.15) is 38.8 Å². The minimum Gasteiger partial charge on any atom is -0.446 e. The molecule has 0 saturated heterocycles. The molecule has 0 bridgehead atoms. The molecule has 2 heterocycles. The van der Waals surface area contributed by atoms with Crippen molar-refractivity contribution in [3.05, 3.63) is 53.2 Å². The van der Waals surface area contributed by atoms with Gasteiger partial charge < -0.3 is 14.8 Å². The van der Waals surface area contributed by atoms with Crippen LogP contribution in [-0.2, 0) is 11.2 Å². The number of anilines is 1. The summed E-state index contributed by atoms with van der Waals surface area (Å²) in [6.07, 6.45) is -0.414. The van der Waals surface area contributed by atoms with Crippen molar-refractivity contribution >= 4 is 22.7 Å². The maximum Gasteiger partial charge on any atom is 0.426 e. The van der Waals surface area contributed by atoms with E-state index in [0.29, 0.717) is 11.1 Å². The van der Waals surface area contributed by atoms with Crippen LogP contribution in [0.3, 0.4) is 0 Å². The predicted molar refractivity (Wildman–Crippen MR) is 119 cm³/mol. The normalized spacial score (nSPS) is 17.5. The lowest BCUT2D eigenvalue weighted by atomic mass is 9.83. The summed E-state index contributed by atoms with van der Waals surface area (Å²) < 4.78 is 36.4. The zero-order valence-electron chi connectivity index (χ0n) is 18.7. The van der Waals surface area contributed by atoms with Gasteiger partial charge in [0.05, 0.1) is 34.5 Å². The Morgan fingerprint density at radius 2 is 2.06 bits per heavy atom. The average Bonchev–Trinajstić information content (AvgIpc) is 3.08. The van der Waals surface area contributed by atoms with Gasteiger partial charge in [0, 0.05) is 35.2 Å². The smallest absolute Gasteiger partial charge is 0.426 e. The molecular formula is C24H27F2N3O3. The van der Waals surface area contributed by atoms with E-state index in [-0.39, 0.29) is 29.3 Å². The van der Waals surface area contributed by atoms with Crippen molar-refractivity contribution in [3.63, 3.8) is 0 Å². The van der Waals surface area contributed by atoms with Crippen LogP contribution in [0.25, 0.3) is 22.0 Å². The van der Waals surface area contributed by atoms with E-state index in [1.54, 1.807) is 46.0 Å². The number of nitrogens with one attached hydrogen (secondary N) is 2. The van der Waals surface area contributed by atoms with Gasteiger partial charge in [0.25, 0.3) is 0 Å². The van der Waals surface area contributed by atoms with Gasteiger partial charge in [0.2, 0.25) is 0 Å². The van der Waals surface area contributed by atoms with Crippen LogP contribution in [0.4, 0.5) is 19.3 Å². The number of fused-ring (bicyclic) bond motifs is 2. The van der Waals surface area contributed by atoms with Gasteiger partial charge in [-0.3, -0.25) is 5.01 Å². The first-order valence-corrected chi connectivity index (χ1v) is 10.6. The molecule has 4 rings (SSSR count). The van der Waals surface area contributed by atoms with Crippen LogP contribution in [0.15, 0.2) is 30.5 Å². The first-order chi connectivity index (χ1) is 15.0. The van der Waals surface area contributed by atoms with Gasteiger partial charge >= 0.3 is 6.09 Å². The number of hydrogen-bond donors (Lipinski definition) is 3. The predicted octanol–water partition coefficient (Wildman–Crippen LogP) is 4.97. The summed E-state index contributed by atoms with van der Waals surface area (Å²) in [6, 6.07) is 6.50. The van der Waals surface area contributed by atoms with E-state index in [0.717, 1.165) is 10.9 Å². The topological polar surface area (TPSA) is 77.6 Å². The maximum atomic E-state index is 15.8. The molecule has 0 saturated carbocycles. The van der Waals surface area contributed by atoms with Crippen molar-refractivity contribution in [2.24, 2.45) is 0 Å². The van der Waals surface area contributed by atoms with Crippen molar-refractivity contribution < 1.29 is 23.4 Å². The molecule has 0 radical (unpaired) electrons. The van der Waals surface area contributed by atoms with Crippen molar-refractivity contribution in [2.45, 2.75) is 58.8 Å². The monoisotopic (exact) mass is 443 g/mol. The molecule has 0 fully saturated rings. The number of aromatic nitrogens is 1. The Labute approximate surface area is 185 Å². The summed E-state index contributed by atoms with van der Waals surface area (Å²) in [5.74, 6) is -1.53. The summed E-state index contributed by atoms with van der Waals surface area (Å²) in [5, 5.41) is 12.9. The Balaban J connectivity index is 1.88. The van der Waals surface area contributed by atoms with Gasteiger partial charge in [0.15, 0.2) is 0 Å². The molecule has 0 spiro atoms. The minimum absolute atomic E-state index is 0.0292. The second-order valence-electron chi connectivity index (χ2n) is 9.02. The number of rotatable bonds is 3. The summed E-state index contributed by atoms with van der Waals surface area (Å²) in [6.45, 7) is 8.67. The van der Waals surface area contributed by atoms with Crippen LogP contribution in [-0.4, -0.2) is 33.9 Å². The van der Waals surface area contributed by atoms with Gasteiger partial charge in [-0.2, -0.15) is 0 Å². The fourth-order valence-electron chi connectivity index (χ4n) is 4.23. The number of aliphatic hydroxyl groups is 1. The van der Waals surface area contributed by atoms with E-state index < -0.39 is 29.4 Å². The van der Waals surface area contributed by atoms with Crippen molar-refractivity contribution in [3.8, 4) is 11.1 Å². The molecule has 1 aromatic heterocycles. The number of hydrogen-bond acceptors (Lipinski definition) is 4. The lowest BCUT2D eigenvalue weighted by Gasteiger charge is -2.47. The SMILES string of the molecule is Cc1c[nH]c2c(-c3c(F)cc4c(c3F)C[C@H](O)C(C)(C)N4NC(=O)OC(C)C)cccc12. The van der Waals surface area contributed by atoms with Crippen LogP contribution in [0, 0.1) is 18.6 Å². The number of hydrazine groups is 1. The molecule has 32 heavy (non-hydrogen) atoms. The highest BCUT2D eigenvalue weighted by molar-refractivity contribution is 5.96. The molecule has 1 aliphatic heterocycles. The fraction of sp³-hybridized carbons (Fsp3) is 0.375. The number of amides is 1. The molecule has 3 aromatic rings. The Morgan fingerprint density at radius 3 is 2.75 bits per heavy atom. The number of benzene rings is 2. The highest BCUT2D eigenvalue weighted by Gasteiger charge is 2.43. The van der Waals surface area contributed by atoms with Crippen molar-refractivity contribution in [1.29, 1.82) is 0 Å². The van der Waals surface area contributed by atoms with Crippen molar-refractivity contribution in [1.82, 2.24) is 10.4 Å². The van der Waals surface area contributed by atoms with Gasteiger partial charge in [-0.05, 0) is 40.2 Å². The Kier molecular flexibility index (Phi) is 5.36. The van der Waals surface area contributed by atoms with E-state index in [4.69, 9.17) is 4.74 Å². The Bertz CT molecular complexity index is 1200. The third-order valence-electron chi connectivity index (χ3n) is 6.06. The number of H-pyrrole nitrogens is 1. The summed E-state index contributed by atoms with van der Waals surface area (Å²) in [5.41, 5.74) is 3.61. The Morgan fingerprint density at radius 1 is 1.34 bits per heavy atom. The summed E-state index contributed by atoms with van der Waals surface area (Å²) >= 11 is 0. The number of aliphatic hydroxyl groups excluding tert-OH is 1. The zero-order valence-corrected chi connectivity index (χ0v) is 18.7. The van der Waals surface area contributed by atoms with Gasteiger partial charge in [-0.15, -0.1) is 0 Å². The van der Waals surface area contributed by atoms with Crippen LogP contribution in [0.2, 0.25) is 0 Å². The molecule has 170 valence electrons. The standard InChI is InChI=1S/C24H27F2N3O3/c1-12(2)32-23(31)28-29-18-10-17(25)20(21(26)16(18)9-19(30)24(29,4)5)15-8-6-7-14-13(3)11-27-22(14)15/h6-8,10-12,19,27,30H,9H2,1-5H3,(H,28,31)/t19-/m0/s1. The van der Waals surface area contributed by atoms with Crippen molar-refractivity contribution in [2.75, 3.05) is 5.01 Å². The molecule has 1 aliphatic rings. The molecule has 1 amide bonds. The zero-order chi connectivity index (χ0) is 23.4. The summed E-state index contributed by atoms with van der Waals surface area (Å²) in [7, 11) is 0. The molecule has 0 unspecified atom stereocenters. The lowest BCUT2D eigenvalue weighted by Crippen LogP contribution is -2.63. The first-order valence-electron chi connectivity index (χ1n) is 10.6. The number of nitrogens with zero attached hydrogens (tertiary/aromatic N) is 1. The third-order valence-corrected chi connectivity index (χ3v) is 6.06. The first kappa shape index (κ1) is 22.1. The van der Waals surface area contributed by atoms with Crippen LogP contribution < -0.4 is 10.4 Å². The molecule has 8 heteroatoms. The fourth-order valence-corrected chi connectivity index (χ4v) is 4.23. The lowest BCUT2D eigenvalue weighted by molar-refractivity contribution is 0.0744. The number of carbonyl (C=O) groups is 1. The highest BCUT2D eigenvalue weighted by Crippen LogP contribution is 2.42. The van der Waals surface area contributed by atoms with Gasteiger partial charge in [0.1, 0.15) is 11.6 Å². The molecule has 3 N–H and O–H groups in total. The number of carbonyl (C=O) groups excluding carboxylic acids is 1.